The van der Waals surface area contributed by atoms with Crippen molar-refractivity contribution >= 4 is 39.2 Å². The van der Waals surface area contributed by atoms with E-state index in [2.05, 4.69) is 32.5 Å². The van der Waals surface area contributed by atoms with Crippen LogP contribution in [0.25, 0.3) is 0 Å². The maximum Gasteiger partial charge on any atom is 0.288 e. The van der Waals surface area contributed by atoms with Gasteiger partial charge in [-0.3, -0.25) is 10.1 Å². The van der Waals surface area contributed by atoms with E-state index in [1.165, 1.54) is 25.1 Å². The SMILES string of the molecule is CSC1CCCC1Nc1ncc([N+](=O)[O-])cc1Br. The summed E-state index contributed by atoms with van der Waals surface area (Å²) in [5, 5.41) is 14.6. The maximum absolute atomic E-state index is 10.6. The maximum atomic E-state index is 10.6. The molecule has 1 N–H and O–H groups in total. The van der Waals surface area contributed by atoms with Crippen molar-refractivity contribution in [2.24, 2.45) is 0 Å². The molecule has 2 unspecified atom stereocenters. The van der Waals surface area contributed by atoms with Gasteiger partial charge in [0.1, 0.15) is 12.0 Å². The molecule has 0 aromatic carbocycles. The highest BCUT2D eigenvalue weighted by atomic mass is 79.9. The van der Waals surface area contributed by atoms with Crippen LogP contribution in [0.1, 0.15) is 19.3 Å². The molecule has 2 atom stereocenters. The molecule has 98 valence electrons. The van der Waals surface area contributed by atoms with Crippen molar-refractivity contribution in [3.05, 3.63) is 26.9 Å². The Hall–Kier alpha value is -0.820. The molecule has 1 fully saturated rings. The number of aromatic nitrogens is 1. The molecule has 5 nitrogen and oxygen atoms in total. The van der Waals surface area contributed by atoms with Crippen molar-refractivity contribution in [1.82, 2.24) is 4.98 Å². The smallest absolute Gasteiger partial charge is 0.288 e. The summed E-state index contributed by atoms with van der Waals surface area (Å²) in [5.41, 5.74) is 0.000244. The molecule has 0 bridgehead atoms. The predicted molar refractivity (Wildman–Crippen MR) is 77.2 cm³/mol. The Morgan fingerprint density at radius 2 is 2.39 bits per heavy atom. The Kier molecular flexibility index (Phi) is 4.45. The number of halogens is 1. The number of nitro groups is 1. The number of pyridine rings is 1. The molecule has 0 saturated heterocycles. The lowest BCUT2D eigenvalue weighted by Crippen LogP contribution is -2.26. The minimum absolute atomic E-state index is 0.000244. The van der Waals surface area contributed by atoms with Crippen molar-refractivity contribution < 1.29 is 4.92 Å². The van der Waals surface area contributed by atoms with E-state index in [0.29, 0.717) is 21.6 Å². The van der Waals surface area contributed by atoms with Crippen LogP contribution in [0.5, 0.6) is 0 Å². The molecule has 1 aromatic rings. The second-order valence-electron chi connectivity index (χ2n) is 4.24. The van der Waals surface area contributed by atoms with Crippen LogP contribution in [0.4, 0.5) is 11.5 Å². The molecule has 18 heavy (non-hydrogen) atoms. The van der Waals surface area contributed by atoms with Crippen molar-refractivity contribution in [1.29, 1.82) is 0 Å². The van der Waals surface area contributed by atoms with Crippen molar-refractivity contribution in [3.63, 3.8) is 0 Å². The van der Waals surface area contributed by atoms with Crippen molar-refractivity contribution in [2.75, 3.05) is 11.6 Å². The molecule has 7 heteroatoms. The molecular weight excluding hydrogens is 318 g/mol. The van der Waals surface area contributed by atoms with Gasteiger partial charge < -0.3 is 5.32 Å². The molecule has 1 aliphatic carbocycles. The molecule has 1 heterocycles. The van der Waals surface area contributed by atoms with Gasteiger partial charge in [-0.15, -0.1) is 0 Å². The minimum Gasteiger partial charge on any atom is -0.365 e. The Morgan fingerprint density at radius 1 is 1.61 bits per heavy atom. The van der Waals surface area contributed by atoms with Crippen LogP contribution < -0.4 is 5.32 Å². The average molecular weight is 332 g/mol. The molecule has 0 spiro atoms. The van der Waals surface area contributed by atoms with E-state index in [-0.39, 0.29) is 5.69 Å². The summed E-state index contributed by atoms with van der Waals surface area (Å²) >= 11 is 5.19. The fourth-order valence-electron chi connectivity index (χ4n) is 2.18. The zero-order valence-corrected chi connectivity index (χ0v) is 12.3. The number of rotatable bonds is 4. The van der Waals surface area contributed by atoms with Crippen LogP contribution in [0, 0.1) is 10.1 Å². The second-order valence-corrected chi connectivity index (χ2v) is 6.17. The topological polar surface area (TPSA) is 68.1 Å². The van der Waals surface area contributed by atoms with Crippen molar-refractivity contribution in [3.8, 4) is 0 Å². The summed E-state index contributed by atoms with van der Waals surface area (Å²) < 4.78 is 0.642. The van der Waals surface area contributed by atoms with Gasteiger partial charge in [0, 0.05) is 17.4 Å². The molecule has 1 aromatic heterocycles. The molecule has 0 amide bonds. The monoisotopic (exact) mass is 331 g/mol. The number of thioether (sulfide) groups is 1. The molecule has 1 saturated carbocycles. The van der Waals surface area contributed by atoms with Crippen LogP contribution in [0.15, 0.2) is 16.7 Å². The third kappa shape index (κ3) is 2.95. The third-order valence-electron chi connectivity index (χ3n) is 3.11. The van der Waals surface area contributed by atoms with E-state index in [1.54, 1.807) is 0 Å². The van der Waals surface area contributed by atoms with E-state index >= 15 is 0 Å². The van der Waals surface area contributed by atoms with Gasteiger partial charge in [-0.1, -0.05) is 6.42 Å². The normalized spacial score (nSPS) is 23.0. The van der Waals surface area contributed by atoms with E-state index in [0.717, 1.165) is 6.42 Å². The van der Waals surface area contributed by atoms with Crippen LogP contribution in [0.2, 0.25) is 0 Å². The van der Waals surface area contributed by atoms with Crippen LogP contribution in [-0.4, -0.2) is 27.5 Å². The number of hydrogen-bond acceptors (Lipinski definition) is 5. The summed E-state index contributed by atoms with van der Waals surface area (Å²) in [6, 6.07) is 1.88. The molecule has 2 rings (SSSR count). The lowest BCUT2D eigenvalue weighted by Gasteiger charge is -2.20. The molecule has 0 radical (unpaired) electrons. The lowest BCUT2D eigenvalue weighted by atomic mass is 10.2. The molecule has 0 aliphatic heterocycles. The Morgan fingerprint density at radius 3 is 3.00 bits per heavy atom. The number of hydrogen-bond donors (Lipinski definition) is 1. The highest BCUT2D eigenvalue weighted by Gasteiger charge is 2.27. The van der Waals surface area contributed by atoms with Gasteiger partial charge in [0.15, 0.2) is 0 Å². The first-order valence-corrected chi connectivity index (χ1v) is 7.79. The minimum atomic E-state index is -0.443. The van der Waals surface area contributed by atoms with Gasteiger partial charge in [0.25, 0.3) is 5.69 Å². The zero-order valence-electron chi connectivity index (χ0n) is 9.93. The Bertz CT molecular complexity index is 458. The summed E-state index contributed by atoms with van der Waals surface area (Å²) in [5.74, 6) is 0.687. The predicted octanol–water partition coefficient (Wildman–Crippen LogP) is 3.45. The first-order chi connectivity index (χ1) is 8.61. The van der Waals surface area contributed by atoms with Gasteiger partial charge >= 0.3 is 0 Å². The largest absolute Gasteiger partial charge is 0.365 e. The molecular formula is C11H14BrN3O2S. The summed E-state index contributed by atoms with van der Waals surface area (Å²) in [6.07, 6.45) is 6.95. The Balaban J connectivity index is 2.12. The van der Waals surface area contributed by atoms with Gasteiger partial charge in [0.05, 0.1) is 9.40 Å². The fourth-order valence-corrected chi connectivity index (χ4v) is 3.57. The summed E-state index contributed by atoms with van der Waals surface area (Å²) in [6.45, 7) is 0. The Labute approximate surface area is 118 Å². The molecule has 1 aliphatic rings. The first kappa shape index (κ1) is 13.6. The quantitative estimate of drug-likeness (QED) is 0.676. The highest BCUT2D eigenvalue weighted by Crippen LogP contribution is 2.32. The summed E-state index contributed by atoms with van der Waals surface area (Å²) in [4.78, 5) is 14.3. The third-order valence-corrected chi connectivity index (χ3v) is 4.89. The van der Waals surface area contributed by atoms with E-state index < -0.39 is 4.92 Å². The standard InChI is InChI=1S/C11H14BrN3O2S/c1-18-10-4-2-3-9(10)14-11-8(12)5-7(6-13-11)15(16)17/h5-6,9-10H,2-4H2,1H3,(H,13,14). The van der Waals surface area contributed by atoms with Crippen LogP contribution >= 0.6 is 27.7 Å². The van der Waals surface area contributed by atoms with E-state index in [1.807, 2.05) is 11.8 Å². The van der Waals surface area contributed by atoms with Gasteiger partial charge in [-0.25, -0.2) is 4.98 Å². The zero-order chi connectivity index (χ0) is 13.1. The van der Waals surface area contributed by atoms with E-state index in [4.69, 9.17) is 0 Å². The summed E-state index contributed by atoms with van der Waals surface area (Å²) in [7, 11) is 0. The van der Waals surface area contributed by atoms with Crippen LogP contribution in [-0.2, 0) is 0 Å². The average Bonchev–Trinajstić information content (AvgIpc) is 2.78. The first-order valence-electron chi connectivity index (χ1n) is 5.71. The number of nitrogens with zero attached hydrogens (tertiary/aromatic N) is 2. The lowest BCUT2D eigenvalue weighted by molar-refractivity contribution is -0.385. The van der Waals surface area contributed by atoms with Crippen LogP contribution in [0.3, 0.4) is 0 Å². The highest BCUT2D eigenvalue weighted by molar-refractivity contribution is 9.10. The van der Waals surface area contributed by atoms with Gasteiger partial charge in [-0.2, -0.15) is 11.8 Å². The second kappa shape index (κ2) is 5.88. The number of nitrogens with one attached hydrogen (secondary N) is 1. The number of anilines is 1. The fraction of sp³-hybridized carbons (Fsp3) is 0.545. The van der Waals surface area contributed by atoms with Gasteiger partial charge in [0.2, 0.25) is 0 Å². The van der Waals surface area contributed by atoms with E-state index in [9.17, 15) is 10.1 Å². The van der Waals surface area contributed by atoms with Gasteiger partial charge in [-0.05, 0) is 35.0 Å². The van der Waals surface area contributed by atoms with Crippen molar-refractivity contribution in [2.45, 2.75) is 30.6 Å².